The maximum atomic E-state index is 13.9. The van der Waals surface area contributed by atoms with E-state index in [1.807, 2.05) is 12.1 Å². The van der Waals surface area contributed by atoms with Gasteiger partial charge in [-0.15, -0.1) is 0 Å². The topological polar surface area (TPSA) is 96.6 Å². The number of halogens is 2. The molecule has 0 aliphatic carbocycles. The van der Waals surface area contributed by atoms with Gasteiger partial charge in [0.15, 0.2) is 5.76 Å². The number of nitrogens with one attached hydrogen (secondary N) is 2. The van der Waals surface area contributed by atoms with E-state index in [-0.39, 0.29) is 13.0 Å². The number of amides is 1. The molecule has 0 saturated heterocycles. The molecule has 2 heterocycles. The average molecular weight is 534 g/mol. The molecule has 1 aromatic heterocycles. The number of aliphatic hydroxyl groups excluding tert-OH is 1. The Bertz CT molecular complexity index is 1450. The van der Waals surface area contributed by atoms with Crippen LogP contribution in [0.5, 0.6) is 5.75 Å². The standard InChI is InChI=1S/C30H29F2N3O4/c1-2-18-4-3-5-19(8-18)14-33-16-27(36)26(11-20-9-23(31)13-24(32)10-20)35-30(37)21-6-7-28-25(12-21)29-22(17-38-28)15-34-39-29/h3-10,12-13,15,26-27,33,36H,2,11,14,16-17H2,1H3,(H,35,37)/t26-,27-/m0/s1. The number of carbonyl (C=O) groups is 1. The second-order valence-corrected chi connectivity index (χ2v) is 9.61. The maximum absolute atomic E-state index is 13.9. The maximum Gasteiger partial charge on any atom is 0.251 e. The van der Waals surface area contributed by atoms with Gasteiger partial charge in [0.1, 0.15) is 24.0 Å². The Balaban J connectivity index is 1.32. The van der Waals surface area contributed by atoms with E-state index in [2.05, 4.69) is 34.8 Å². The minimum Gasteiger partial charge on any atom is -0.488 e. The molecule has 1 aliphatic heterocycles. The SMILES string of the molecule is CCc1cccc(CNC[C@H](O)[C@H](Cc2cc(F)cc(F)c2)NC(=O)c2ccc3c(c2)-c2oncc2CO3)c1. The van der Waals surface area contributed by atoms with Crippen LogP contribution < -0.4 is 15.4 Å². The third kappa shape index (κ3) is 6.32. The van der Waals surface area contributed by atoms with Gasteiger partial charge in [-0.2, -0.15) is 0 Å². The molecule has 1 aliphatic rings. The number of carbonyl (C=O) groups excluding carboxylic acids is 1. The molecule has 3 N–H and O–H groups in total. The fraction of sp³-hybridized carbons (Fsp3) is 0.267. The molecule has 0 radical (unpaired) electrons. The molecule has 7 nitrogen and oxygen atoms in total. The first-order valence-corrected chi connectivity index (χ1v) is 12.8. The molecule has 0 unspecified atom stereocenters. The number of nitrogens with zero attached hydrogens (tertiary/aromatic N) is 1. The fourth-order valence-corrected chi connectivity index (χ4v) is 4.70. The van der Waals surface area contributed by atoms with Gasteiger partial charge in [-0.05, 0) is 59.9 Å². The van der Waals surface area contributed by atoms with Gasteiger partial charge in [-0.1, -0.05) is 36.3 Å². The number of aromatic nitrogens is 1. The third-order valence-electron chi connectivity index (χ3n) is 6.75. The summed E-state index contributed by atoms with van der Waals surface area (Å²) < 4.78 is 38.8. The van der Waals surface area contributed by atoms with E-state index in [1.165, 1.54) is 17.7 Å². The predicted octanol–water partition coefficient (Wildman–Crippen LogP) is 4.57. The molecule has 9 heteroatoms. The van der Waals surface area contributed by atoms with Gasteiger partial charge in [0.2, 0.25) is 0 Å². The summed E-state index contributed by atoms with van der Waals surface area (Å²) in [5, 5.41) is 21.0. The molecule has 3 aromatic carbocycles. The van der Waals surface area contributed by atoms with Crippen molar-refractivity contribution in [2.75, 3.05) is 6.54 Å². The molecule has 39 heavy (non-hydrogen) atoms. The van der Waals surface area contributed by atoms with Crippen molar-refractivity contribution < 1.29 is 27.9 Å². The van der Waals surface area contributed by atoms with Gasteiger partial charge >= 0.3 is 0 Å². The summed E-state index contributed by atoms with van der Waals surface area (Å²) in [5.74, 6) is -0.805. The van der Waals surface area contributed by atoms with Crippen molar-refractivity contribution in [1.29, 1.82) is 0 Å². The molecule has 1 amide bonds. The lowest BCUT2D eigenvalue weighted by molar-refractivity contribution is 0.0830. The van der Waals surface area contributed by atoms with E-state index in [0.717, 1.165) is 23.6 Å². The highest BCUT2D eigenvalue weighted by atomic mass is 19.1. The van der Waals surface area contributed by atoms with E-state index in [9.17, 15) is 18.7 Å². The van der Waals surface area contributed by atoms with E-state index < -0.39 is 29.7 Å². The number of hydrogen-bond donors (Lipinski definition) is 3. The fourth-order valence-electron chi connectivity index (χ4n) is 4.70. The average Bonchev–Trinajstić information content (AvgIpc) is 3.41. The van der Waals surface area contributed by atoms with Crippen LogP contribution in [0.1, 0.15) is 39.5 Å². The second-order valence-electron chi connectivity index (χ2n) is 9.61. The van der Waals surface area contributed by atoms with Crippen LogP contribution in [0, 0.1) is 11.6 Å². The van der Waals surface area contributed by atoms with Gasteiger partial charge in [-0.3, -0.25) is 4.79 Å². The molecular weight excluding hydrogens is 504 g/mol. The molecule has 0 saturated carbocycles. The van der Waals surface area contributed by atoms with Gasteiger partial charge in [0.25, 0.3) is 5.91 Å². The van der Waals surface area contributed by atoms with Crippen molar-refractivity contribution >= 4 is 5.91 Å². The summed E-state index contributed by atoms with van der Waals surface area (Å²) in [6.07, 6.45) is 1.47. The van der Waals surface area contributed by atoms with Crippen LogP contribution in [0.25, 0.3) is 11.3 Å². The number of benzene rings is 3. The number of aryl methyl sites for hydroxylation is 1. The summed E-state index contributed by atoms with van der Waals surface area (Å²) in [6, 6.07) is 15.4. The summed E-state index contributed by atoms with van der Waals surface area (Å²) >= 11 is 0. The lowest BCUT2D eigenvalue weighted by Gasteiger charge is -2.25. The summed E-state index contributed by atoms with van der Waals surface area (Å²) in [5.41, 5.74) is 4.28. The van der Waals surface area contributed by atoms with Gasteiger partial charge in [-0.25, -0.2) is 8.78 Å². The third-order valence-corrected chi connectivity index (χ3v) is 6.75. The zero-order valence-electron chi connectivity index (χ0n) is 21.4. The Hall–Kier alpha value is -4.08. The van der Waals surface area contributed by atoms with Gasteiger partial charge in [0.05, 0.1) is 29.5 Å². The van der Waals surface area contributed by atoms with Crippen LogP contribution in [-0.2, 0) is 26.0 Å². The summed E-state index contributed by atoms with van der Waals surface area (Å²) in [7, 11) is 0. The molecule has 4 aromatic rings. The Labute approximate surface area is 224 Å². The molecule has 0 bridgehead atoms. The van der Waals surface area contributed by atoms with Crippen LogP contribution >= 0.6 is 0 Å². The molecule has 0 fully saturated rings. The zero-order valence-corrected chi connectivity index (χ0v) is 21.4. The van der Waals surface area contributed by atoms with E-state index in [4.69, 9.17) is 9.26 Å². The van der Waals surface area contributed by atoms with Crippen molar-refractivity contribution in [3.8, 4) is 17.1 Å². The van der Waals surface area contributed by atoms with Crippen molar-refractivity contribution in [3.63, 3.8) is 0 Å². The minimum absolute atomic E-state index is 0.0227. The molecule has 202 valence electrons. The first-order chi connectivity index (χ1) is 18.9. The largest absolute Gasteiger partial charge is 0.488 e. The van der Waals surface area contributed by atoms with Crippen LogP contribution in [0.15, 0.2) is 71.4 Å². The van der Waals surface area contributed by atoms with E-state index in [1.54, 1.807) is 24.4 Å². The molecule has 2 atom stereocenters. The summed E-state index contributed by atoms with van der Waals surface area (Å²) in [4.78, 5) is 13.3. The van der Waals surface area contributed by atoms with Gasteiger partial charge < -0.3 is 25.0 Å². The number of aliphatic hydroxyl groups is 1. The highest BCUT2D eigenvalue weighted by Gasteiger charge is 2.26. The van der Waals surface area contributed by atoms with Crippen molar-refractivity contribution in [2.45, 2.75) is 45.1 Å². The minimum atomic E-state index is -1.04. The predicted molar refractivity (Wildman–Crippen MR) is 141 cm³/mol. The number of ether oxygens (including phenoxy) is 1. The first kappa shape index (κ1) is 26.5. The van der Waals surface area contributed by atoms with Gasteiger partial charge in [0, 0.05) is 24.7 Å². The lowest BCUT2D eigenvalue weighted by atomic mass is 9.99. The highest BCUT2D eigenvalue weighted by molar-refractivity contribution is 5.96. The summed E-state index contributed by atoms with van der Waals surface area (Å²) in [6.45, 7) is 3.08. The van der Waals surface area contributed by atoms with Crippen LogP contribution in [0.2, 0.25) is 0 Å². The first-order valence-electron chi connectivity index (χ1n) is 12.8. The number of fused-ring (bicyclic) bond motifs is 3. The van der Waals surface area contributed by atoms with Crippen molar-refractivity contribution in [1.82, 2.24) is 15.8 Å². The number of hydrogen-bond acceptors (Lipinski definition) is 6. The van der Waals surface area contributed by atoms with E-state index in [0.29, 0.717) is 41.4 Å². The van der Waals surface area contributed by atoms with Crippen molar-refractivity contribution in [2.24, 2.45) is 0 Å². The second kappa shape index (κ2) is 11.8. The van der Waals surface area contributed by atoms with Crippen molar-refractivity contribution in [3.05, 3.63) is 106 Å². The van der Waals surface area contributed by atoms with Crippen LogP contribution in [0.4, 0.5) is 8.78 Å². The quantitative estimate of drug-likeness (QED) is 0.277. The Morgan fingerprint density at radius 3 is 2.64 bits per heavy atom. The zero-order chi connectivity index (χ0) is 27.4. The monoisotopic (exact) mass is 533 g/mol. The Morgan fingerprint density at radius 2 is 1.85 bits per heavy atom. The molecule has 0 spiro atoms. The lowest BCUT2D eigenvalue weighted by Crippen LogP contribution is -2.48. The Kier molecular flexibility index (Phi) is 7.99. The van der Waals surface area contributed by atoms with E-state index >= 15 is 0 Å². The molecule has 5 rings (SSSR count). The molecular formula is C30H29F2N3O4. The highest BCUT2D eigenvalue weighted by Crippen LogP contribution is 2.37. The van der Waals surface area contributed by atoms with Crippen LogP contribution in [0.3, 0.4) is 0 Å². The number of rotatable bonds is 10. The smallest absolute Gasteiger partial charge is 0.251 e. The Morgan fingerprint density at radius 1 is 1.05 bits per heavy atom. The van der Waals surface area contributed by atoms with Crippen LogP contribution in [-0.4, -0.2) is 34.9 Å². The normalized spacial score (nSPS) is 13.6.